The zero-order valence-electron chi connectivity index (χ0n) is 11.1. The van der Waals surface area contributed by atoms with Crippen LogP contribution in [-0.2, 0) is 11.3 Å². The molecular formula is C14H19N3OS. The third-order valence-corrected chi connectivity index (χ3v) is 4.56. The Hall–Kier alpha value is -1.17. The van der Waals surface area contributed by atoms with Crippen LogP contribution in [0.25, 0.3) is 10.2 Å². The van der Waals surface area contributed by atoms with Gasteiger partial charge in [-0.15, -0.1) is 0 Å². The summed E-state index contributed by atoms with van der Waals surface area (Å²) in [5.41, 5.74) is 8.07. The van der Waals surface area contributed by atoms with Gasteiger partial charge in [-0.05, 0) is 37.6 Å². The molecule has 1 aromatic heterocycles. The van der Waals surface area contributed by atoms with Crippen LogP contribution in [0.1, 0.15) is 18.4 Å². The largest absolute Gasteiger partial charge is 0.381 e. The summed E-state index contributed by atoms with van der Waals surface area (Å²) in [6.07, 6.45) is 2.26. The maximum absolute atomic E-state index is 5.74. The Labute approximate surface area is 117 Å². The second kappa shape index (κ2) is 5.45. The number of hydrogen-bond donors (Lipinski definition) is 1. The molecule has 2 heterocycles. The van der Waals surface area contributed by atoms with Gasteiger partial charge < -0.3 is 10.5 Å². The molecule has 1 aliphatic heterocycles. The van der Waals surface area contributed by atoms with E-state index in [0.717, 1.165) is 38.1 Å². The van der Waals surface area contributed by atoms with Gasteiger partial charge in [0.2, 0.25) is 0 Å². The number of anilines is 1. The van der Waals surface area contributed by atoms with Gasteiger partial charge in [0, 0.05) is 25.8 Å². The molecule has 0 radical (unpaired) electrons. The molecule has 1 saturated heterocycles. The summed E-state index contributed by atoms with van der Waals surface area (Å²) in [4.78, 5) is 6.71. The minimum Gasteiger partial charge on any atom is -0.381 e. The Balaban J connectivity index is 1.72. The van der Waals surface area contributed by atoms with Crippen LogP contribution >= 0.6 is 11.3 Å². The van der Waals surface area contributed by atoms with E-state index in [4.69, 9.17) is 10.5 Å². The lowest BCUT2D eigenvalue weighted by molar-refractivity contribution is 0.0407. The minimum atomic E-state index is 0.635. The van der Waals surface area contributed by atoms with Crippen LogP contribution in [0.5, 0.6) is 0 Å². The fourth-order valence-electron chi connectivity index (χ4n) is 2.63. The minimum absolute atomic E-state index is 0.635. The van der Waals surface area contributed by atoms with Crippen LogP contribution in [-0.4, -0.2) is 36.2 Å². The first kappa shape index (κ1) is 12.8. The molecule has 102 valence electrons. The van der Waals surface area contributed by atoms with E-state index in [1.807, 2.05) is 0 Å². The van der Waals surface area contributed by atoms with E-state index in [9.17, 15) is 0 Å². The van der Waals surface area contributed by atoms with E-state index in [1.165, 1.54) is 10.3 Å². The van der Waals surface area contributed by atoms with Crippen molar-refractivity contribution in [1.82, 2.24) is 9.88 Å². The molecule has 19 heavy (non-hydrogen) atoms. The lowest BCUT2D eigenvalue weighted by Gasteiger charge is -2.31. The summed E-state index contributed by atoms with van der Waals surface area (Å²) >= 11 is 1.56. The van der Waals surface area contributed by atoms with Crippen LogP contribution in [0, 0.1) is 0 Å². The Bertz CT molecular complexity index is 563. The van der Waals surface area contributed by atoms with Crippen LogP contribution < -0.4 is 5.73 Å². The summed E-state index contributed by atoms with van der Waals surface area (Å²) in [6.45, 7) is 2.75. The number of hydrogen-bond acceptors (Lipinski definition) is 5. The number of nitrogen functional groups attached to an aromatic ring is 1. The maximum atomic E-state index is 5.74. The average molecular weight is 277 g/mol. The quantitative estimate of drug-likeness (QED) is 0.936. The molecule has 1 aromatic carbocycles. The van der Waals surface area contributed by atoms with Crippen LogP contribution in [0.2, 0.25) is 0 Å². The Kier molecular flexibility index (Phi) is 3.68. The third-order valence-electron chi connectivity index (χ3n) is 3.72. The van der Waals surface area contributed by atoms with Gasteiger partial charge in [0.25, 0.3) is 0 Å². The second-order valence-electron chi connectivity index (χ2n) is 5.11. The number of nitrogens with zero attached hydrogens (tertiary/aromatic N) is 2. The molecule has 1 fully saturated rings. The third kappa shape index (κ3) is 2.88. The first-order chi connectivity index (χ1) is 9.22. The average Bonchev–Trinajstić information content (AvgIpc) is 2.79. The first-order valence-electron chi connectivity index (χ1n) is 6.65. The van der Waals surface area contributed by atoms with E-state index < -0.39 is 0 Å². The van der Waals surface area contributed by atoms with Gasteiger partial charge in [-0.3, -0.25) is 4.90 Å². The van der Waals surface area contributed by atoms with Crippen molar-refractivity contribution < 1.29 is 4.74 Å². The standard InChI is InChI=1S/C14H19N3OS/c1-17(11-4-6-18-7-5-11)9-10-2-3-12-13(8-10)19-14(15)16-12/h2-3,8,11H,4-7,9H2,1H3,(H2,15,16). The highest BCUT2D eigenvalue weighted by molar-refractivity contribution is 7.22. The van der Waals surface area contributed by atoms with Gasteiger partial charge in [-0.2, -0.15) is 0 Å². The molecule has 1 aliphatic rings. The van der Waals surface area contributed by atoms with Gasteiger partial charge in [0.15, 0.2) is 5.13 Å². The van der Waals surface area contributed by atoms with Crippen molar-refractivity contribution in [3.05, 3.63) is 23.8 Å². The number of thiazole rings is 1. The van der Waals surface area contributed by atoms with Gasteiger partial charge in [0.05, 0.1) is 10.2 Å². The van der Waals surface area contributed by atoms with Crippen molar-refractivity contribution in [2.75, 3.05) is 26.0 Å². The topological polar surface area (TPSA) is 51.4 Å². The molecule has 0 unspecified atom stereocenters. The van der Waals surface area contributed by atoms with E-state index >= 15 is 0 Å². The van der Waals surface area contributed by atoms with Crippen LogP contribution in [0.4, 0.5) is 5.13 Å². The summed E-state index contributed by atoms with van der Waals surface area (Å²) < 4.78 is 6.59. The first-order valence-corrected chi connectivity index (χ1v) is 7.47. The highest BCUT2D eigenvalue weighted by atomic mass is 32.1. The number of rotatable bonds is 3. The maximum Gasteiger partial charge on any atom is 0.181 e. The summed E-state index contributed by atoms with van der Waals surface area (Å²) in [5.74, 6) is 0. The van der Waals surface area contributed by atoms with Gasteiger partial charge in [-0.25, -0.2) is 4.98 Å². The number of benzene rings is 1. The molecule has 0 spiro atoms. The van der Waals surface area contributed by atoms with Crippen molar-refractivity contribution in [2.24, 2.45) is 0 Å². The van der Waals surface area contributed by atoms with Crippen molar-refractivity contribution >= 4 is 26.7 Å². The van der Waals surface area contributed by atoms with E-state index in [1.54, 1.807) is 11.3 Å². The number of aromatic nitrogens is 1. The smallest absolute Gasteiger partial charge is 0.181 e. The Morgan fingerprint density at radius 3 is 3.00 bits per heavy atom. The number of ether oxygens (including phenoxy) is 1. The molecule has 2 aromatic rings. The number of fused-ring (bicyclic) bond motifs is 1. The van der Waals surface area contributed by atoms with E-state index in [2.05, 4.69) is 35.1 Å². The second-order valence-corrected chi connectivity index (χ2v) is 6.18. The fraction of sp³-hybridized carbons (Fsp3) is 0.500. The molecule has 0 saturated carbocycles. The normalized spacial score (nSPS) is 17.4. The predicted octanol–water partition coefficient (Wildman–Crippen LogP) is 2.49. The molecule has 3 rings (SSSR count). The molecule has 0 aliphatic carbocycles. The molecule has 0 bridgehead atoms. The predicted molar refractivity (Wildman–Crippen MR) is 79.3 cm³/mol. The lowest BCUT2D eigenvalue weighted by Crippen LogP contribution is -2.36. The van der Waals surface area contributed by atoms with Gasteiger partial charge >= 0.3 is 0 Å². The summed E-state index contributed by atoms with van der Waals surface area (Å²) in [6, 6.07) is 7.06. The van der Waals surface area contributed by atoms with Crippen molar-refractivity contribution in [3.63, 3.8) is 0 Å². The number of nitrogens with two attached hydrogens (primary N) is 1. The molecular weight excluding hydrogens is 258 g/mol. The SMILES string of the molecule is CN(Cc1ccc2nc(N)sc2c1)C1CCOCC1. The molecule has 0 amide bonds. The highest BCUT2D eigenvalue weighted by Gasteiger charge is 2.18. The van der Waals surface area contributed by atoms with Crippen molar-refractivity contribution in [2.45, 2.75) is 25.4 Å². The lowest BCUT2D eigenvalue weighted by atomic mass is 10.1. The van der Waals surface area contributed by atoms with Gasteiger partial charge in [0.1, 0.15) is 0 Å². The van der Waals surface area contributed by atoms with Crippen LogP contribution in [0.15, 0.2) is 18.2 Å². The van der Waals surface area contributed by atoms with Gasteiger partial charge in [-0.1, -0.05) is 17.4 Å². The highest BCUT2D eigenvalue weighted by Crippen LogP contribution is 2.25. The zero-order chi connectivity index (χ0) is 13.2. The molecule has 0 atom stereocenters. The zero-order valence-corrected chi connectivity index (χ0v) is 11.9. The Morgan fingerprint density at radius 2 is 2.21 bits per heavy atom. The van der Waals surface area contributed by atoms with E-state index in [0.29, 0.717) is 11.2 Å². The fourth-order valence-corrected chi connectivity index (χ4v) is 3.43. The van der Waals surface area contributed by atoms with Crippen LogP contribution in [0.3, 0.4) is 0 Å². The molecule has 2 N–H and O–H groups in total. The monoisotopic (exact) mass is 277 g/mol. The Morgan fingerprint density at radius 1 is 1.42 bits per heavy atom. The summed E-state index contributed by atoms with van der Waals surface area (Å²) in [7, 11) is 2.20. The van der Waals surface area contributed by atoms with E-state index in [-0.39, 0.29) is 0 Å². The summed E-state index contributed by atoms with van der Waals surface area (Å²) in [5, 5.41) is 0.643. The molecule has 4 nitrogen and oxygen atoms in total. The van der Waals surface area contributed by atoms with Crippen molar-refractivity contribution in [3.8, 4) is 0 Å². The molecule has 5 heteroatoms. The van der Waals surface area contributed by atoms with Crippen molar-refractivity contribution in [1.29, 1.82) is 0 Å².